The zero-order chi connectivity index (χ0) is 15.8. The van der Waals surface area contributed by atoms with Crippen molar-refractivity contribution < 1.29 is 26.4 Å². The first-order valence-corrected chi connectivity index (χ1v) is 7.80. The Labute approximate surface area is 119 Å². The molecule has 0 atom stereocenters. The highest BCUT2D eigenvalue weighted by atomic mass is 32.2. The molecule has 2 rings (SSSR count). The van der Waals surface area contributed by atoms with E-state index >= 15 is 0 Å². The zero-order valence-corrected chi connectivity index (χ0v) is 11.9. The first kappa shape index (κ1) is 15.8. The second-order valence-electron chi connectivity index (χ2n) is 4.60. The molecule has 1 aromatic heterocycles. The maximum absolute atomic E-state index is 12.4. The van der Waals surface area contributed by atoms with Crippen molar-refractivity contribution >= 4 is 16.1 Å². The third-order valence-corrected chi connectivity index (χ3v) is 4.39. The molecular formula is C10H13F3N4O3S. The minimum absolute atomic E-state index is 0.104. The molecular weight excluding hydrogens is 313 g/mol. The first-order chi connectivity index (χ1) is 9.59. The maximum Gasteiger partial charge on any atom is 0.419 e. The van der Waals surface area contributed by atoms with E-state index in [1.165, 1.54) is 9.21 Å². The summed E-state index contributed by atoms with van der Waals surface area (Å²) >= 11 is 0. The lowest BCUT2D eigenvalue weighted by Crippen LogP contribution is -2.51. The van der Waals surface area contributed by atoms with Crippen molar-refractivity contribution in [3.8, 4) is 0 Å². The number of nitrogens with zero attached hydrogens (tertiary/aromatic N) is 4. The van der Waals surface area contributed by atoms with Crippen molar-refractivity contribution in [3.63, 3.8) is 0 Å². The molecule has 1 aliphatic heterocycles. The Morgan fingerprint density at radius 1 is 1.24 bits per heavy atom. The fourth-order valence-corrected chi connectivity index (χ4v) is 2.76. The van der Waals surface area contributed by atoms with Gasteiger partial charge in [0.25, 0.3) is 0 Å². The van der Waals surface area contributed by atoms with E-state index < -0.39 is 27.8 Å². The van der Waals surface area contributed by atoms with Crippen LogP contribution in [-0.4, -0.2) is 65.9 Å². The Balaban J connectivity index is 2.04. The van der Waals surface area contributed by atoms with Crippen molar-refractivity contribution in [2.24, 2.45) is 0 Å². The molecule has 0 aliphatic carbocycles. The van der Waals surface area contributed by atoms with Gasteiger partial charge in [-0.1, -0.05) is 0 Å². The Bertz CT molecular complexity index is 632. The molecule has 118 valence electrons. The Kier molecular flexibility index (Phi) is 3.97. The summed E-state index contributed by atoms with van der Waals surface area (Å²) in [6.07, 6.45) is -2.31. The van der Waals surface area contributed by atoms with Crippen LogP contribution in [-0.2, 0) is 16.2 Å². The van der Waals surface area contributed by atoms with Crippen LogP contribution in [0.15, 0.2) is 12.4 Å². The molecule has 1 fully saturated rings. The third-order valence-electron chi connectivity index (χ3n) is 3.08. The summed E-state index contributed by atoms with van der Waals surface area (Å²) in [6, 6.07) is -0.710. The molecule has 1 aliphatic rings. The highest BCUT2D eigenvalue weighted by Crippen LogP contribution is 2.28. The summed E-state index contributed by atoms with van der Waals surface area (Å²) in [5.74, 6) is 0. The van der Waals surface area contributed by atoms with E-state index in [-0.39, 0.29) is 26.2 Å². The van der Waals surface area contributed by atoms with Crippen molar-refractivity contribution in [3.05, 3.63) is 18.0 Å². The lowest BCUT2D eigenvalue weighted by atomic mass is 10.3. The van der Waals surface area contributed by atoms with E-state index in [9.17, 15) is 26.4 Å². The van der Waals surface area contributed by atoms with E-state index in [4.69, 9.17) is 0 Å². The molecule has 1 aromatic rings. The number of carbonyl (C=O) groups is 1. The number of alkyl halides is 3. The van der Waals surface area contributed by atoms with E-state index in [0.717, 1.165) is 6.26 Å². The molecule has 0 bridgehead atoms. The number of sulfonamides is 1. The molecule has 11 heteroatoms. The van der Waals surface area contributed by atoms with Gasteiger partial charge >= 0.3 is 12.2 Å². The summed E-state index contributed by atoms with van der Waals surface area (Å²) < 4.78 is 61.8. The number of carbonyl (C=O) groups excluding carboxylic acids is 1. The van der Waals surface area contributed by atoms with E-state index in [1.54, 1.807) is 0 Å². The second kappa shape index (κ2) is 5.30. The number of rotatable bonds is 1. The number of amides is 1. The maximum atomic E-state index is 12.4. The fourth-order valence-electron chi connectivity index (χ4n) is 1.93. The Morgan fingerprint density at radius 3 is 2.24 bits per heavy atom. The smallest absolute Gasteiger partial charge is 0.320 e. The van der Waals surface area contributed by atoms with Crippen LogP contribution in [0.3, 0.4) is 0 Å². The van der Waals surface area contributed by atoms with Gasteiger partial charge in [0.2, 0.25) is 10.0 Å². The lowest BCUT2D eigenvalue weighted by Gasteiger charge is -2.32. The van der Waals surface area contributed by atoms with Gasteiger partial charge in [0.1, 0.15) is 0 Å². The normalized spacial score (nSPS) is 18.0. The van der Waals surface area contributed by atoms with Crippen LogP contribution in [0.2, 0.25) is 0 Å². The zero-order valence-electron chi connectivity index (χ0n) is 11.0. The van der Waals surface area contributed by atoms with Crippen LogP contribution >= 0.6 is 0 Å². The molecule has 0 aromatic carbocycles. The average molecular weight is 326 g/mol. The van der Waals surface area contributed by atoms with Crippen LogP contribution in [0, 0.1) is 0 Å². The molecule has 0 saturated carbocycles. The monoisotopic (exact) mass is 326 g/mol. The molecule has 0 N–H and O–H groups in total. The fraction of sp³-hybridized carbons (Fsp3) is 0.600. The van der Waals surface area contributed by atoms with Crippen LogP contribution in [0.5, 0.6) is 0 Å². The van der Waals surface area contributed by atoms with Crippen LogP contribution < -0.4 is 0 Å². The van der Waals surface area contributed by atoms with Gasteiger partial charge in [-0.05, 0) is 0 Å². The van der Waals surface area contributed by atoms with Crippen molar-refractivity contribution in [2.45, 2.75) is 6.18 Å². The SMILES string of the molecule is CS(=O)(=O)N1CCN(C(=O)n2cc(C(F)(F)F)cn2)CC1. The van der Waals surface area contributed by atoms with Gasteiger partial charge in [-0.3, -0.25) is 0 Å². The minimum Gasteiger partial charge on any atom is -0.320 e. The molecule has 0 spiro atoms. The summed E-state index contributed by atoms with van der Waals surface area (Å²) in [6.45, 7) is 0.427. The van der Waals surface area contributed by atoms with Gasteiger partial charge in [-0.2, -0.15) is 27.3 Å². The van der Waals surface area contributed by atoms with E-state index in [0.29, 0.717) is 17.1 Å². The predicted octanol–water partition coefficient (Wildman–Crippen LogP) is 0.447. The molecule has 0 unspecified atom stereocenters. The van der Waals surface area contributed by atoms with Gasteiger partial charge in [0.05, 0.1) is 18.0 Å². The third kappa shape index (κ3) is 3.53. The van der Waals surface area contributed by atoms with Crippen LogP contribution in [0.25, 0.3) is 0 Å². The van der Waals surface area contributed by atoms with Crippen molar-refractivity contribution in [1.29, 1.82) is 0 Å². The lowest BCUT2D eigenvalue weighted by molar-refractivity contribution is -0.137. The summed E-state index contributed by atoms with van der Waals surface area (Å²) in [4.78, 5) is 13.2. The van der Waals surface area contributed by atoms with E-state index in [2.05, 4.69) is 5.10 Å². The van der Waals surface area contributed by atoms with Crippen molar-refractivity contribution in [1.82, 2.24) is 19.0 Å². The topological polar surface area (TPSA) is 75.5 Å². The molecule has 1 saturated heterocycles. The highest BCUT2D eigenvalue weighted by molar-refractivity contribution is 7.88. The number of hydrogen-bond donors (Lipinski definition) is 0. The minimum atomic E-state index is -4.56. The standard InChI is InChI=1S/C10H13F3N4O3S/c1-21(19,20)16-4-2-15(3-5-16)9(18)17-7-8(6-14-17)10(11,12)13/h6-7H,2-5H2,1H3. The molecule has 0 radical (unpaired) electrons. The number of aromatic nitrogens is 2. The molecule has 1 amide bonds. The molecule has 2 heterocycles. The largest absolute Gasteiger partial charge is 0.419 e. The predicted molar refractivity (Wildman–Crippen MR) is 66.0 cm³/mol. The average Bonchev–Trinajstić information content (AvgIpc) is 2.86. The highest BCUT2D eigenvalue weighted by Gasteiger charge is 2.34. The quantitative estimate of drug-likeness (QED) is 0.751. The van der Waals surface area contributed by atoms with E-state index in [1.807, 2.05) is 0 Å². The van der Waals surface area contributed by atoms with Gasteiger partial charge in [0, 0.05) is 32.4 Å². The van der Waals surface area contributed by atoms with Crippen molar-refractivity contribution in [2.75, 3.05) is 32.4 Å². The molecule has 7 nitrogen and oxygen atoms in total. The van der Waals surface area contributed by atoms with Crippen LogP contribution in [0.1, 0.15) is 5.56 Å². The summed E-state index contributed by atoms with van der Waals surface area (Å²) in [5, 5.41) is 3.40. The van der Waals surface area contributed by atoms with Gasteiger partial charge < -0.3 is 4.90 Å². The Morgan fingerprint density at radius 2 is 1.81 bits per heavy atom. The summed E-state index contributed by atoms with van der Waals surface area (Å²) in [7, 11) is -3.33. The van der Waals surface area contributed by atoms with Crippen LogP contribution in [0.4, 0.5) is 18.0 Å². The Hall–Kier alpha value is -1.62. The summed E-state index contributed by atoms with van der Waals surface area (Å²) in [5.41, 5.74) is -1.01. The number of hydrogen-bond acceptors (Lipinski definition) is 4. The van der Waals surface area contributed by atoms with Gasteiger partial charge in [-0.15, -0.1) is 0 Å². The second-order valence-corrected chi connectivity index (χ2v) is 6.59. The van der Waals surface area contributed by atoms with Gasteiger partial charge in [0.15, 0.2) is 0 Å². The number of halogens is 3. The number of piperazine rings is 1. The first-order valence-electron chi connectivity index (χ1n) is 5.95. The molecule has 21 heavy (non-hydrogen) atoms. The van der Waals surface area contributed by atoms with Gasteiger partial charge in [-0.25, -0.2) is 13.2 Å².